The molecule has 0 spiro atoms. The van der Waals surface area contributed by atoms with Crippen LogP contribution in [0.1, 0.15) is 20.7 Å². The Morgan fingerprint density at radius 1 is 1.18 bits per heavy atom. The number of hydrogen-bond acceptors (Lipinski definition) is 7. The van der Waals surface area contributed by atoms with Gasteiger partial charge in [-0.25, -0.2) is 18.8 Å². The molecule has 8 heteroatoms. The molecule has 0 saturated carbocycles. The molecule has 3 rings (SSSR count). The lowest BCUT2D eigenvalue weighted by molar-refractivity contribution is -0.150. The van der Waals surface area contributed by atoms with Gasteiger partial charge in [0.2, 0.25) is 0 Å². The molecule has 0 radical (unpaired) electrons. The summed E-state index contributed by atoms with van der Waals surface area (Å²) in [6, 6.07) is 5.59. The second kappa shape index (κ2) is 5.06. The second-order valence-electron chi connectivity index (χ2n) is 5.02. The lowest BCUT2D eigenvalue weighted by atomic mass is 9.97. The first-order valence-corrected chi connectivity index (χ1v) is 6.54. The number of nitrogens with two attached hydrogens (primary N) is 1. The predicted octanol–water partition coefficient (Wildman–Crippen LogP) is -0.0252. The molecule has 1 aromatic rings. The SMILES string of the molecule is NC[C@]1(F)C(=O)O[C@@H]2COC(=O)c3cccc(c3)C(=O)O[C@H]21. The topological polar surface area (TPSA) is 105 Å². The molecule has 3 atom stereocenters. The van der Waals surface area contributed by atoms with Crippen LogP contribution in [-0.2, 0) is 19.0 Å². The van der Waals surface area contributed by atoms with E-state index >= 15 is 0 Å². The van der Waals surface area contributed by atoms with E-state index < -0.39 is 48.9 Å². The maximum atomic E-state index is 14.6. The van der Waals surface area contributed by atoms with Gasteiger partial charge in [0.15, 0.2) is 12.2 Å². The summed E-state index contributed by atoms with van der Waals surface area (Å²) < 4.78 is 29.5. The first kappa shape index (κ1) is 14.5. The van der Waals surface area contributed by atoms with Gasteiger partial charge in [-0.1, -0.05) is 6.07 Å². The molecule has 0 amide bonds. The summed E-state index contributed by atoms with van der Waals surface area (Å²) in [6.45, 7) is -1.15. The number of carbonyl (C=O) groups is 3. The van der Waals surface area contributed by atoms with Crippen LogP contribution in [0.2, 0.25) is 0 Å². The molecule has 0 aromatic heterocycles. The Morgan fingerprint density at radius 3 is 2.55 bits per heavy atom. The Morgan fingerprint density at radius 2 is 1.86 bits per heavy atom. The van der Waals surface area contributed by atoms with Crippen molar-refractivity contribution in [2.45, 2.75) is 17.9 Å². The monoisotopic (exact) mass is 309 g/mol. The highest BCUT2D eigenvalue weighted by atomic mass is 19.1. The number of cyclic esters (lactones) is 1. The normalized spacial score (nSPS) is 30.9. The highest BCUT2D eigenvalue weighted by Gasteiger charge is 2.61. The minimum Gasteiger partial charge on any atom is -0.458 e. The number of benzene rings is 1. The lowest BCUT2D eigenvalue weighted by Gasteiger charge is -2.25. The van der Waals surface area contributed by atoms with Crippen molar-refractivity contribution in [2.24, 2.45) is 5.73 Å². The molecular weight excluding hydrogens is 297 g/mol. The Labute approximate surface area is 124 Å². The summed E-state index contributed by atoms with van der Waals surface area (Å²) in [4.78, 5) is 35.6. The van der Waals surface area contributed by atoms with Gasteiger partial charge in [0.25, 0.3) is 5.67 Å². The number of fused-ring (bicyclic) bond motifs is 3. The van der Waals surface area contributed by atoms with Gasteiger partial charge in [-0.05, 0) is 18.2 Å². The smallest absolute Gasteiger partial charge is 0.349 e. The van der Waals surface area contributed by atoms with E-state index in [0.29, 0.717) is 0 Å². The number of hydrogen-bond donors (Lipinski definition) is 1. The molecule has 0 aliphatic carbocycles. The Hall–Kier alpha value is -2.48. The molecule has 2 heterocycles. The van der Waals surface area contributed by atoms with Crippen molar-refractivity contribution in [2.75, 3.05) is 13.2 Å². The molecule has 22 heavy (non-hydrogen) atoms. The van der Waals surface area contributed by atoms with Gasteiger partial charge in [-0.15, -0.1) is 0 Å². The molecule has 7 nitrogen and oxygen atoms in total. The summed E-state index contributed by atoms with van der Waals surface area (Å²) in [5, 5.41) is 0. The van der Waals surface area contributed by atoms with E-state index in [0.717, 1.165) is 0 Å². The van der Waals surface area contributed by atoms with Gasteiger partial charge in [0.05, 0.1) is 11.1 Å². The molecule has 116 valence electrons. The number of alkyl halides is 1. The van der Waals surface area contributed by atoms with E-state index in [-0.39, 0.29) is 11.1 Å². The van der Waals surface area contributed by atoms with Crippen molar-refractivity contribution in [3.8, 4) is 0 Å². The van der Waals surface area contributed by atoms with Crippen LogP contribution in [0, 0.1) is 0 Å². The fraction of sp³-hybridized carbons (Fsp3) is 0.357. The van der Waals surface area contributed by atoms with Crippen LogP contribution in [0.4, 0.5) is 4.39 Å². The quantitative estimate of drug-likeness (QED) is 0.574. The van der Waals surface area contributed by atoms with Gasteiger partial charge in [-0.2, -0.15) is 0 Å². The standard InChI is InChI=1S/C14H12FNO6/c15-14(6-16)10-9(21-13(14)19)5-20-11(17)7-2-1-3-8(4-7)12(18)22-10/h1-4,9-10H,5-6,16H2/t9-,10-,14-/m1/s1. The molecule has 2 aliphatic rings. The number of carbonyl (C=O) groups excluding carboxylic acids is 3. The van der Waals surface area contributed by atoms with Crippen molar-refractivity contribution in [3.05, 3.63) is 35.4 Å². The molecule has 0 unspecified atom stereocenters. The average Bonchev–Trinajstić information content (AvgIpc) is 2.77. The minimum atomic E-state index is -2.66. The molecule has 2 bridgehead atoms. The zero-order valence-corrected chi connectivity index (χ0v) is 11.3. The third-order valence-corrected chi connectivity index (χ3v) is 3.63. The van der Waals surface area contributed by atoms with Crippen molar-refractivity contribution < 1.29 is 33.0 Å². The Kier molecular flexibility index (Phi) is 3.32. The van der Waals surface area contributed by atoms with Gasteiger partial charge >= 0.3 is 17.9 Å². The minimum absolute atomic E-state index is 0.0359. The van der Waals surface area contributed by atoms with Crippen molar-refractivity contribution in [1.82, 2.24) is 0 Å². The van der Waals surface area contributed by atoms with Crippen LogP contribution in [-0.4, -0.2) is 48.9 Å². The maximum absolute atomic E-state index is 14.6. The van der Waals surface area contributed by atoms with Gasteiger partial charge in [0, 0.05) is 6.54 Å². The van der Waals surface area contributed by atoms with E-state index in [1.165, 1.54) is 24.3 Å². The molecule has 1 fully saturated rings. The van der Waals surface area contributed by atoms with Gasteiger partial charge in [0.1, 0.15) is 6.61 Å². The number of esters is 3. The van der Waals surface area contributed by atoms with Crippen LogP contribution in [0.25, 0.3) is 0 Å². The van der Waals surface area contributed by atoms with E-state index in [9.17, 15) is 18.8 Å². The molecule has 2 N–H and O–H groups in total. The van der Waals surface area contributed by atoms with Crippen LogP contribution in [0.3, 0.4) is 0 Å². The lowest BCUT2D eigenvalue weighted by Crippen LogP contribution is -2.51. The van der Waals surface area contributed by atoms with Crippen LogP contribution in [0.5, 0.6) is 0 Å². The van der Waals surface area contributed by atoms with Crippen molar-refractivity contribution >= 4 is 17.9 Å². The molecular formula is C14H12FNO6. The Bertz CT molecular complexity index is 662. The highest BCUT2D eigenvalue weighted by molar-refractivity contribution is 5.96. The van der Waals surface area contributed by atoms with E-state index in [4.69, 9.17) is 19.9 Å². The maximum Gasteiger partial charge on any atom is 0.349 e. The van der Waals surface area contributed by atoms with Crippen LogP contribution < -0.4 is 5.73 Å². The number of halogens is 1. The fourth-order valence-electron chi connectivity index (χ4n) is 2.40. The zero-order valence-electron chi connectivity index (χ0n) is 11.3. The van der Waals surface area contributed by atoms with Crippen molar-refractivity contribution in [3.63, 3.8) is 0 Å². The number of ether oxygens (including phenoxy) is 3. The van der Waals surface area contributed by atoms with Crippen molar-refractivity contribution in [1.29, 1.82) is 0 Å². The first-order chi connectivity index (χ1) is 10.5. The van der Waals surface area contributed by atoms with E-state index in [1.54, 1.807) is 0 Å². The first-order valence-electron chi connectivity index (χ1n) is 6.54. The predicted molar refractivity (Wildman–Crippen MR) is 68.7 cm³/mol. The molecule has 2 aliphatic heterocycles. The van der Waals surface area contributed by atoms with E-state index in [1.807, 2.05) is 0 Å². The van der Waals surface area contributed by atoms with Crippen LogP contribution in [0.15, 0.2) is 24.3 Å². The number of rotatable bonds is 1. The largest absolute Gasteiger partial charge is 0.458 e. The second-order valence-corrected chi connectivity index (χ2v) is 5.02. The summed E-state index contributed by atoms with van der Waals surface area (Å²) in [7, 11) is 0. The highest BCUT2D eigenvalue weighted by Crippen LogP contribution is 2.33. The van der Waals surface area contributed by atoms with Gasteiger partial charge < -0.3 is 19.9 Å². The third-order valence-electron chi connectivity index (χ3n) is 3.63. The third kappa shape index (κ3) is 2.12. The fourth-order valence-corrected chi connectivity index (χ4v) is 2.40. The summed E-state index contributed by atoms with van der Waals surface area (Å²) in [5.74, 6) is -2.82. The summed E-state index contributed by atoms with van der Waals surface area (Å²) in [5.41, 5.74) is 2.80. The average molecular weight is 309 g/mol. The molecule has 1 aromatic carbocycles. The van der Waals surface area contributed by atoms with Crippen LogP contribution >= 0.6 is 0 Å². The zero-order chi connectivity index (χ0) is 15.9. The van der Waals surface area contributed by atoms with E-state index in [2.05, 4.69) is 0 Å². The summed E-state index contributed by atoms with van der Waals surface area (Å²) in [6.07, 6.45) is -2.81. The molecule has 1 saturated heterocycles. The van der Waals surface area contributed by atoms with Gasteiger partial charge in [-0.3, -0.25) is 0 Å². The summed E-state index contributed by atoms with van der Waals surface area (Å²) >= 11 is 0. The Balaban J connectivity index is 2.01.